The van der Waals surface area contributed by atoms with Crippen LogP contribution in [0.5, 0.6) is 0 Å². The Balaban J connectivity index is 1.71. The van der Waals surface area contributed by atoms with Gasteiger partial charge in [-0.05, 0) is 32.2 Å². The molecule has 2 aliphatic rings. The molecule has 8 nitrogen and oxygen atoms in total. The molecule has 1 aromatic rings. The molecule has 0 aromatic carbocycles. The summed E-state index contributed by atoms with van der Waals surface area (Å²) in [4.78, 5) is 27.7. The average Bonchev–Trinajstić information content (AvgIpc) is 3.20. The van der Waals surface area contributed by atoms with Gasteiger partial charge in [0.1, 0.15) is 5.54 Å². The molecule has 0 bridgehead atoms. The van der Waals surface area contributed by atoms with Gasteiger partial charge in [-0.3, -0.25) is 4.79 Å². The number of rotatable bonds is 4. The van der Waals surface area contributed by atoms with Crippen LogP contribution in [0.25, 0.3) is 0 Å². The summed E-state index contributed by atoms with van der Waals surface area (Å²) < 4.78 is 5.10. The molecule has 2 heterocycles. The van der Waals surface area contributed by atoms with E-state index in [0.717, 1.165) is 32.2 Å². The van der Waals surface area contributed by atoms with E-state index in [2.05, 4.69) is 20.8 Å². The summed E-state index contributed by atoms with van der Waals surface area (Å²) in [5, 5.41) is 18.8. The van der Waals surface area contributed by atoms with Crippen LogP contribution in [0, 0.1) is 0 Å². The van der Waals surface area contributed by atoms with Crippen LogP contribution in [-0.2, 0) is 4.79 Å². The van der Waals surface area contributed by atoms with Crippen LogP contribution in [0.2, 0.25) is 0 Å². The summed E-state index contributed by atoms with van der Waals surface area (Å²) in [5.74, 6) is -1.32. The maximum absolute atomic E-state index is 12.2. The Bertz CT molecular complexity index is 544. The third-order valence-electron chi connectivity index (χ3n) is 4.22. The van der Waals surface area contributed by atoms with Gasteiger partial charge in [0, 0.05) is 0 Å². The van der Waals surface area contributed by atoms with Gasteiger partial charge in [-0.1, -0.05) is 18.0 Å². The van der Waals surface area contributed by atoms with Crippen LogP contribution in [-0.4, -0.2) is 39.2 Å². The van der Waals surface area contributed by atoms with Gasteiger partial charge in [-0.25, -0.2) is 4.79 Å². The van der Waals surface area contributed by atoms with Gasteiger partial charge < -0.3 is 20.3 Å². The summed E-state index contributed by atoms with van der Waals surface area (Å²) in [6.07, 6.45) is 4.36. The van der Waals surface area contributed by atoms with Crippen LogP contribution >= 0.6 is 0 Å². The Kier molecular flexibility index (Phi) is 3.62. The fourth-order valence-corrected chi connectivity index (χ4v) is 3.01. The number of hydrogen-bond donors (Lipinski definition) is 3. The smallest absolute Gasteiger partial charge is 0.329 e. The number of carbonyl (C=O) groups excluding carboxylic acids is 1. The maximum Gasteiger partial charge on any atom is 0.329 e. The Morgan fingerprint density at radius 2 is 2.10 bits per heavy atom. The first-order chi connectivity index (χ1) is 10.1. The van der Waals surface area contributed by atoms with Crippen LogP contribution in [0.3, 0.4) is 0 Å². The monoisotopic (exact) mass is 294 g/mol. The molecule has 1 atom stereocenters. The molecule has 3 N–H and O–H groups in total. The van der Waals surface area contributed by atoms with Gasteiger partial charge in [-0.15, -0.1) is 0 Å². The molecule has 21 heavy (non-hydrogen) atoms. The van der Waals surface area contributed by atoms with Crippen molar-refractivity contribution in [3.8, 4) is 0 Å². The summed E-state index contributed by atoms with van der Waals surface area (Å²) in [6, 6.07) is -0.0148. The molecule has 0 radical (unpaired) electrons. The van der Waals surface area contributed by atoms with Gasteiger partial charge in [0.05, 0.1) is 6.04 Å². The molecule has 8 heteroatoms. The molecular formula is C13H18N4O4. The second kappa shape index (κ2) is 5.44. The predicted octanol–water partition coefficient (Wildman–Crippen LogP) is 0.621. The molecule has 1 aromatic heterocycles. The molecule has 3 rings (SSSR count). The third kappa shape index (κ3) is 2.63. The van der Waals surface area contributed by atoms with Crippen molar-refractivity contribution in [2.75, 3.05) is 6.54 Å². The lowest BCUT2D eigenvalue weighted by Gasteiger charge is -2.24. The molecule has 1 amide bonds. The molecule has 1 saturated carbocycles. The van der Waals surface area contributed by atoms with Gasteiger partial charge in [0.15, 0.2) is 0 Å². The number of aromatic nitrogens is 2. The minimum atomic E-state index is -1.19. The summed E-state index contributed by atoms with van der Waals surface area (Å²) in [7, 11) is 0. The Morgan fingerprint density at radius 1 is 1.33 bits per heavy atom. The van der Waals surface area contributed by atoms with Gasteiger partial charge >= 0.3 is 5.97 Å². The molecule has 1 aliphatic carbocycles. The highest BCUT2D eigenvalue weighted by molar-refractivity contribution is 5.95. The predicted molar refractivity (Wildman–Crippen MR) is 70.6 cm³/mol. The topological polar surface area (TPSA) is 117 Å². The first kappa shape index (κ1) is 14.0. The number of aliphatic carboxylic acids is 1. The first-order valence-corrected chi connectivity index (χ1v) is 7.24. The Hall–Kier alpha value is -1.96. The molecule has 1 aliphatic heterocycles. The average molecular weight is 294 g/mol. The molecule has 1 unspecified atom stereocenters. The lowest BCUT2D eigenvalue weighted by molar-refractivity contribution is -0.144. The van der Waals surface area contributed by atoms with E-state index in [4.69, 9.17) is 4.52 Å². The van der Waals surface area contributed by atoms with Crippen molar-refractivity contribution >= 4 is 11.9 Å². The van der Waals surface area contributed by atoms with E-state index >= 15 is 0 Å². The number of nitrogens with one attached hydrogen (secondary N) is 2. The number of carbonyl (C=O) groups is 2. The fourth-order valence-electron chi connectivity index (χ4n) is 3.01. The highest BCUT2D eigenvalue weighted by atomic mass is 16.5. The van der Waals surface area contributed by atoms with Gasteiger partial charge in [-0.2, -0.15) is 4.98 Å². The minimum absolute atomic E-state index is 0.0148. The van der Waals surface area contributed by atoms with Crippen molar-refractivity contribution in [3.05, 3.63) is 11.7 Å². The van der Waals surface area contributed by atoms with Crippen LogP contribution in [0.4, 0.5) is 0 Å². The zero-order valence-electron chi connectivity index (χ0n) is 11.6. The number of carboxylic acid groups (broad SMARTS) is 1. The van der Waals surface area contributed by atoms with E-state index in [1.165, 1.54) is 0 Å². The summed E-state index contributed by atoms with van der Waals surface area (Å²) in [6.45, 7) is 0.886. The number of nitrogens with zero attached hydrogens (tertiary/aromatic N) is 2. The zero-order valence-corrected chi connectivity index (χ0v) is 11.6. The van der Waals surface area contributed by atoms with Crippen molar-refractivity contribution in [1.29, 1.82) is 0 Å². The normalized spacial score (nSPS) is 24.1. The number of amides is 1. The van der Waals surface area contributed by atoms with Gasteiger partial charge in [0.25, 0.3) is 11.7 Å². The molecule has 2 fully saturated rings. The highest BCUT2D eigenvalue weighted by Gasteiger charge is 2.43. The minimum Gasteiger partial charge on any atom is -0.480 e. The SMILES string of the molecule is O=C(NC1(C(=O)O)CCCC1)c1noc(C2CCCN2)n1. The number of hydrogen-bond acceptors (Lipinski definition) is 6. The molecule has 1 saturated heterocycles. The van der Waals surface area contributed by atoms with E-state index in [-0.39, 0.29) is 11.9 Å². The van der Waals surface area contributed by atoms with E-state index in [0.29, 0.717) is 18.7 Å². The standard InChI is InChI=1S/C13H18N4O4/c18-10(16-13(12(19)20)5-1-2-6-13)9-15-11(21-17-9)8-4-3-7-14-8/h8,14H,1-7H2,(H,16,18)(H,19,20). The maximum atomic E-state index is 12.2. The summed E-state index contributed by atoms with van der Waals surface area (Å²) in [5.41, 5.74) is -1.19. The second-order valence-electron chi connectivity index (χ2n) is 5.65. The van der Waals surface area contributed by atoms with Crippen LogP contribution in [0.15, 0.2) is 4.52 Å². The summed E-state index contributed by atoms with van der Waals surface area (Å²) >= 11 is 0. The van der Waals surface area contributed by atoms with Crippen LogP contribution < -0.4 is 10.6 Å². The van der Waals surface area contributed by atoms with E-state index in [1.54, 1.807) is 0 Å². The van der Waals surface area contributed by atoms with Crippen molar-refractivity contribution in [1.82, 2.24) is 20.8 Å². The van der Waals surface area contributed by atoms with E-state index in [9.17, 15) is 14.7 Å². The van der Waals surface area contributed by atoms with Crippen molar-refractivity contribution < 1.29 is 19.2 Å². The fraction of sp³-hybridized carbons (Fsp3) is 0.692. The molecular weight excluding hydrogens is 276 g/mol. The van der Waals surface area contributed by atoms with Gasteiger partial charge in [0.2, 0.25) is 5.89 Å². The Morgan fingerprint density at radius 3 is 2.71 bits per heavy atom. The molecule has 114 valence electrons. The zero-order chi connectivity index (χ0) is 14.9. The lowest BCUT2D eigenvalue weighted by atomic mass is 9.98. The second-order valence-corrected chi connectivity index (χ2v) is 5.65. The highest BCUT2D eigenvalue weighted by Crippen LogP contribution is 2.30. The largest absolute Gasteiger partial charge is 0.480 e. The van der Waals surface area contributed by atoms with E-state index in [1.807, 2.05) is 0 Å². The van der Waals surface area contributed by atoms with E-state index < -0.39 is 17.4 Å². The van der Waals surface area contributed by atoms with Crippen molar-refractivity contribution in [3.63, 3.8) is 0 Å². The molecule has 0 spiro atoms. The van der Waals surface area contributed by atoms with Crippen molar-refractivity contribution in [2.45, 2.75) is 50.1 Å². The quantitative estimate of drug-likeness (QED) is 0.745. The first-order valence-electron chi connectivity index (χ1n) is 7.24. The Labute approximate surface area is 121 Å². The third-order valence-corrected chi connectivity index (χ3v) is 4.22. The number of carboxylic acids is 1. The van der Waals surface area contributed by atoms with Crippen LogP contribution in [0.1, 0.15) is 61.1 Å². The van der Waals surface area contributed by atoms with Crippen molar-refractivity contribution in [2.24, 2.45) is 0 Å². The lowest BCUT2D eigenvalue weighted by Crippen LogP contribution is -2.52.